The first-order chi connectivity index (χ1) is 8.90. The van der Waals surface area contributed by atoms with E-state index in [0.29, 0.717) is 17.3 Å². The van der Waals surface area contributed by atoms with Gasteiger partial charge < -0.3 is 5.11 Å². The third-order valence-corrected chi connectivity index (χ3v) is 2.53. The molecule has 2 rings (SSSR count). The van der Waals surface area contributed by atoms with Crippen molar-refractivity contribution in [3.8, 4) is 5.69 Å². The highest BCUT2D eigenvalue weighted by molar-refractivity contribution is 5.92. The molecule has 1 heterocycles. The van der Waals surface area contributed by atoms with Crippen molar-refractivity contribution in [1.29, 1.82) is 0 Å². The van der Waals surface area contributed by atoms with Crippen LogP contribution in [0.15, 0.2) is 18.2 Å². The molecule has 1 aromatic heterocycles. The highest BCUT2D eigenvalue weighted by atomic mass is 16.6. The highest BCUT2D eigenvalue weighted by Crippen LogP contribution is 2.22. The number of nitro benzene ring substituents is 1. The van der Waals surface area contributed by atoms with Gasteiger partial charge in [-0.15, -0.1) is 0 Å². The van der Waals surface area contributed by atoms with E-state index in [2.05, 4.69) is 10.1 Å². The Bertz CT molecular complexity index is 677. The van der Waals surface area contributed by atoms with Crippen molar-refractivity contribution in [3.05, 3.63) is 45.5 Å². The normalized spacial score (nSPS) is 10.4. The number of nitrogens with zero attached hydrogens (tertiary/aromatic N) is 4. The van der Waals surface area contributed by atoms with Gasteiger partial charge in [0.15, 0.2) is 0 Å². The van der Waals surface area contributed by atoms with Crippen LogP contribution in [-0.4, -0.2) is 30.8 Å². The summed E-state index contributed by atoms with van der Waals surface area (Å²) in [6.45, 7) is 3.40. The van der Waals surface area contributed by atoms with Gasteiger partial charge in [-0.25, -0.2) is 14.5 Å². The number of carbonyl (C=O) groups is 1. The van der Waals surface area contributed by atoms with E-state index in [9.17, 15) is 14.9 Å². The lowest BCUT2D eigenvalue weighted by Gasteiger charge is -2.04. The molecule has 0 amide bonds. The molecule has 0 saturated carbocycles. The van der Waals surface area contributed by atoms with E-state index in [1.165, 1.54) is 22.9 Å². The molecular weight excluding hydrogens is 252 g/mol. The van der Waals surface area contributed by atoms with Gasteiger partial charge in [-0.1, -0.05) is 0 Å². The first kappa shape index (κ1) is 12.7. The van der Waals surface area contributed by atoms with Crippen LogP contribution in [0.5, 0.6) is 0 Å². The van der Waals surface area contributed by atoms with Gasteiger partial charge >= 0.3 is 5.97 Å². The zero-order valence-corrected chi connectivity index (χ0v) is 10.2. The Kier molecular flexibility index (Phi) is 2.99. The third-order valence-electron chi connectivity index (χ3n) is 2.53. The lowest BCUT2D eigenvalue weighted by Crippen LogP contribution is -2.06. The molecule has 8 heteroatoms. The highest BCUT2D eigenvalue weighted by Gasteiger charge is 2.21. The number of carboxylic acid groups (broad SMARTS) is 1. The van der Waals surface area contributed by atoms with Gasteiger partial charge in [0, 0.05) is 6.07 Å². The summed E-state index contributed by atoms with van der Waals surface area (Å²) < 4.78 is 1.42. The molecule has 0 aliphatic rings. The van der Waals surface area contributed by atoms with E-state index >= 15 is 0 Å². The van der Waals surface area contributed by atoms with Crippen LogP contribution in [0.2, 0.25) is 0 Å². The van der Waals surface area contributed by atoms with Crippen molar-refractivity contribution in [1.82, 2.24) is 14.8 Å². The zero-order chi connectivity index (χ0) is 14.2. The van der Waals surface area contributed by atoms with E-state index < -0.39 is 16.6 Å². The first-order valence-corrected chi connectivity index (χ1v) is 5.32. The van der Waals surface area contributed by atoms with E-state index in [-0.39, 0.29) is 5.56 Å². The lowest BCUT2D eigenvalue weighted by atomic mass is 10.1. The summed E-state index contributed by atoms with van der Waals surface area (Å²) in [5.41, 5.74) is -0.435. The summed E-state index contributed by atoms with van der Waals surface area (Å²) in [6, 6.07) is 3.81. The fourth-order valence-electron chi connectivity index (χ4n) is 1.75. The molecule has 0 fully saturated rings. The molecule has 0 aliphatic carbocycles. The number of benzene rings is 1. The fraction of sp³-hybridized carbons (Fsp3) is 0.182. The van der Waals surface area contributed by atoms with Crippen molar-refractivity contribution in [2.24, 2.45) is 0 Å². The second-order valence-electron chi connectivity index (χ2n) is 3.88. The lowest BCUT2D eigenvalue weighted by molar-refractivity contribution is -0.385. The van der Waals surface area contributed by atoms with Crippen molar-refractivity contribution in [3.63, 3.8) is 0 Å². The number of carboxylic acids is 1. The summed E-state index contributed by atoms with van der Waals surface area (Å²) in [7, 11) is 0. The van der Waals surface area contributed by atoms with Crippen LogP contribution in [0.4, 0.5) is 5.69 Å². The molecule has 2 aromatic rings. The predicted molar refractivity (Wildman–Crippen MR) is 64.4 cm³/mol. The fourth-order valence-corrected chi connectivity index (χ4v) is 1.75. The maximum Gasteiger partial charge on any atom is 0.342 e. The van der Waals surface area contributed by atoms with Crippen molar-refractivity contribution in [2.45, 2.75) is 13.8 Å². The van der Waals surface area contributed by atoms with Crippen LogP contribution in [-0.2, 0) is 0 Å². The molecule has 0 spiro atoms. The third kappa shape index (κ3) is 2.28. The van der Waals surface area contributed by atoms with Gasteiger partial charge in [0.25, 0.3) is 5.69 Å². The van der Waals surface area contributed by atoms with E-state index in [0.717, 1.165) is 0 Å². The largest absolute Gasteiger partial charge is 0.477 e. The second kappa shape index (κ2) is 4.48. The van der Waals surface area contributed by atoms with Crippen LogP contribution in [0, 0.1) is 24.0 Å². The number of aromatic nitrogens is 3. The number of nitro groups is 1. The number of hydrogen-bond donors (Lipinski definition) is 1. The van der Waals surface area contributed by atoms with Crippen LogP contribution in [0.1, 0.15) is 22.0 Å². The van der Waals surface area contributed by atoms with E-state index in [4.69, 9.17) is 5.11 Å². The Morgan fingerprint density at radius 2 is 2.11 bits per heavy atom. The van der Waals surface area contributed by atoms with Gasteiger partial charge in [-0.05, 0) is 26.0 Å². The number of aryl methyl sites for hydroxylation is 2. The Hall–Kier alpha value is -2.77. The molecule has 0 bridgehead atoms. The van der Waals surface area contributed by atoms with Crippen molar-refractivity contribution in [2.75, 3.05) is 0 Å². The second-order valence-corrected chi connectivity index (χ2v) is 3.88. The van der Waals surface area contributed by atoms with Crippen LogP contribution >= 0.6 is 0 Å². The summed E-state index contributed by atoms with van der Waals surface area (Å²) in [6.07, 6.45) is 0. The average molecular weight is 262 g/mol. The Balaban J connectivity index is 2.61. The molecule has 1 aromatic carbocycles. The summed E-state index contributed by atoms with van der Waals surface area (Å²) in [4.78, 5) is 25.2. The molecule has 0 radical (unpaired) electrons. The van der Waals surface area contributed by atoms with Crippen LogP contribution in [0.3, 0.4) is 0 Å². The van der Waals surface area contributed by atoms with Crippen LogP contribution < -0.4 is 0 Å². The summed E-state index contributed by atoms with van der Waals surface area (Å²) >= 11 is 0. The van der Waals surface area contributed by atoms with Crippen molar-refractivity contribution < 1.29 is 14.8 Å². The molecule has 0 unspecified atom stereocenters. The van der Waals surface area contributed by atoms with Gasteiger partial charge in [0.05, 0.1) is 10.6 Å². The quantitative estimate of drug-likeness (QED) is 0.662. The molecule has 19 heavy (non-hydrogen) atoms. The SMILES string of the molecule is Cc1nc(C)n(-c2ccc(C(=O)O)c([N+](=O)[O-])c2)n1. The maximum absolute atomic E-state index is 10.9. The maximum atomic E-state index is 10.9. The Morgan fingerprint density at radius 1 is 1.42 bits per heavy atom. The average Bonchev–Trinajstić information content (AvgIpc) is 2.67. The van der Waals surface area contributed by atoms with Gasteiger partial charge in [-0.2, -0.15) is 5.10 Å². The van der Waals surface area contributed by atoms with Gasteiger partial charge in [-0.3, -0.25) is 10.1 Å². The molecule has 0 aliphatic heterocycles. The molecular formula is C11H10N4O4. The molecule has 0 atom stereocenters. The number of aromatic carboxylic acids is 1. The molecule has 1 N–H and O–H groups in total. The smallest absolute Gasteiger partial charge is 0.342 e. The zero-order valence-electron chi connectivity index (χ0n) is 10.2. The summed E-state index contributed by atoms with van der Waals surface area (Å²) in [5, 5.41) is 23.9. The van der Waals surface area contributed by atoms with E-state index in [1.807, 2.05) is 0 Å². The Labute approximate surface area is 107 Å². The minimum atomic E-state index is -1.34. The molecule has 8 nitrogen and oxygen atoms in total. The minimum absolute atomic E-state index is 0.358. The van der Waals surface area contributed by atoms with Gasteiger partial charge in [0.1, 0.15) is 17.2 Å². The predicted octanol–water partition coefficient (Wildman–Crippen LogP) is 1.49. The minimum Gasteiger partial charge on any atom is -0.477 e. The molecule has 0 saturated heterocycles. The number of hydrogen-bond acceptors (Lipinski definition) is 5. The number of rotatable bonds is 3. The topological polar surface area (TPSA) is 111 Å². The summed E-state index contributed by atoms with van der Waals surface area (Å²) in [5.74, 6) is -0.248. The van der Waals surface area contributed by atoms with Crippen LogP contribution in [0.25, 0.3) is 5.69 Å². The standard InChI is InChI=1S/C11H10N4O4/c1-6-12-7(2)14(13-6)8-3-4-9(11(16)17)10(5-8)15(18)19/h3-5H,1-2H3,(H,16,17). The molecule has 98 valence electrons. The van der Waals surface area contributed by atoms with Crippen molar-refractivity contribution >= 4 is 11.7 Å². The first-order valence-electron chi connectivity index (χ1n) is 5.32. The Morgan fingerprint density at radius 3 is 2.58 bits per heavy atom. The van der Waals surface area contributed by atoms with Gasteiger partial charge in [0.2, 0.25) is 0 Å². The van der Waals surface area contributed by atoms with E-state index in [1.54, 1.807) is 13.8 Å². The monoisotopic (exact) mass is 262 g/mol.